The summed E-state index contributed by atoms with van der Waals surface area (Å²) in [6, 6.07) is 0. The number of alkyl halides is 1. The van der Waals surface area contributed by atoms with Gasteiger partial charge in [0, 0.05) is 5.57 Å². The van der Waals surface area contributed by atoms with Crippen molar-refractivity contribution in [3.8, 4) is 0 Å². The quantitative estimate of drug-likeness (QED) is 0.447. The third-order valence-electron chi connectivity index (χ3n) is 4.40. The summed E-state index contributed by atoms with van der Waals surface area (Å²) < 4.78 is 29.2. The van der Waals surface area contributed by atoms with Crippen molar-refractivity contribution in [3.63, 3.8) is 0 Å². The highest BCUT2D eigenvalue weighted by atomic mass is 35.5. The molecule has 4 heteroatoms. The Balaban J connectivity index is 3.06. The van der Waals surface area contributed by atoms with Crippen molar-refractivity contribution in [1.29, 1.82) is 0 Å². The summed E-state index contributed by atoms with van der Waals surface area (Å²) in [4.78, 5) is 0. The van der Waals surface area contributed by atoms with E-state index in [1.54, 1.807) is 0 Å². The number of hydrogen-bond acceptors (Lipinski definition) is 1. The minimum atomic E-state index is -0.748. The van der Waals surface area contributed by atoms with Crippen molar-refractivity contribution >= 4 is 11.6 Å². The standard InChI is InChI=1S/C20H30ClF2N/c1-5-7-14(3)16-12-19(22)17(18(21)13-20(16)23)11-15(8-6-2)9-10-24-4/h12-13,15,18,24H,3,5-11H2,1-2,4H3. The molecule has 0 fully saturated rings. The zero-order valence-electron chi connectivity index (χ0n) is 15.1. The Morgan fingerprint density at radius 1 is 1.29 bits per heavy atom. The van der Waals surface area contributed by atoms with Crippen LogP contribution in [0.1, 0.15) is 52.4 Å². The van der Waals surface area contributed by atoms with Gasteiger partial charge in [-0.3, -0.25) is 0 Å². The van der Waals surface area contributed by atoms with Crippen LogP contribution in [0.3, 0.4) is 0 Å². The number of halogens is 3. The van der Waals surface area contributed by atoms with Crippen LogP contribution in [0.4, 0.5) is 8.78 Å². The fourth-order valence-corrected chi connectivity index (χ4v) is 3.38. The Bertz CT molecular complexity index is 520. The highest BCUT2D eigenvalue weighted by Crippen LogP contribution is 2.36. The van der Waals surface area contributed by atoms with Gasteiger partial charge in [-0.1, -0.05) is 39.7 Å². The van der Waals surface area contributed by atoms with Crippen LogP contribution >= 0.6 is 11.6 Å². The van der Waals surface area contributed by atoms with Crippen molar-refractivity contribution in [2.75, 3.05) is 13.6 Å². The lowest BCUT2D eigenvalue weighted by atomic mass is 9.90. The molecule has 1 N–H and O–H groups in total. The molecule has 0 aromatic heterocycles. The number of nitrogens with one attached hydrogen (secondary N) is 1. The predicted molar refractivity (Wildman–Crippen MR) is 101 cm³/mol. The number of hydrogen-bond donors (Lipinski definition) is 1. The fourth-order valence-electron chi connectivity index (χ4n) is 3.07. The summed E-state index contributed by atoms with van der Waals surface area (Å²) in [5.41, 5.74) is 1.35. The second-order valence-electron chi connectivity index (χ2n) is 6.45. The second-order valence-corrected chi connectivity index (χ2v) is 6.92. The summed E-state index contributed by atoms with van der Waals surface area (Å²) in [6.45, 7) is 8.87. The predicted octanol–water partition coefficient (Wildman–Crippen LogP) is 6.38. The molecule has 0 radical (unpaired) electrons. The van der Waals surface area contributed by atoms with Crippen LogP contribution in [0.2, 0.25) is 0 Å². The van der Waals surface area contributed by atoms with Gasteiger partial charge in [0.05, 0.1) is 5.38 Å². The van der Waals surface area contributed by atoms with Gasteiger partial charge in [0.25, 0.3) is 0 Å². The molecule has 1 aliphatic carbocycles. The molecule has 0 saturated heterocycles. The highest BCUT2D eigenvalue weighted by molar-refractivity contribution is 6.23. The summed E-state index contributed by atoms with van der Waals surface area (Å²) in [7, 11) is 1.91. The molecule has 0 spiro atoms. The Kier molecular flexibility index (Phi) is 9.53. The molecular weight excluding hydrogens is 328 g/mol. The van der Waals surface area contributed by atoms with Gasteiger partial charge in [-0.2, -0.15) is 0 Å². The highest BCUT2D eigenvalue weighted by Gasteiger charge is 2.24. The van der Waals surface area contributed by atoms with Crippen molar-refractivity contribution in [3.05, 3.63) is 47.1 Å². The molecule has 0 heterocycles. The zero-order valence-corrected chi connectivity index (χ0v) is 15.9. The molecular formula is C20H30ClF2N. The van der Waals surface area contributed by atoms with E-state index in [4.69, 9.17) is 11.6 Å². The van der Waals surface area contributed by atoms with Crippen LogP contribution in [-0.4, -0.2) is 19.0 Å². The van der Waals surface area contributed by atoms with Gasteiger partial charge in [-0.25, -0.2) is 8.78 Å². The van der Waals surface area contributed by atoms with Crippen LogP contribution in [-0.2, 0) is 0 Å². The maximum Gasteiger partial charge on any atom is 0.128 e. The smallest absolute Gasteiger partial charge is 0.128 e. The first-order valence-corrected chi connectivity index (χ1v) is 9.32. The molecule has 0 aromatic rings. The topological polar surface area (TPSA) is 12.0 Å². The SMILES string of the molecule is C=C(CCC)C1=CC(F)=C(CC(CCC)CCNC)C(Cl)C=C1F. The molecule has 1 aliphatic rings. The van der Waals surface area contributed by atoms with Crippen molar-refractivity contribution < 1.29 is 8.78 Å². The first-order valence-electron chi connectivity index (χ1n) is 8.89. The molecule has 2 unspecified atom stereocenters. The number of rotatable bonds is 10. The third-order valence-corrected chi connectivity index (χ3v) is 4.79. The van der Waals surface area contributed by atoms with Gasteiger partial charge in [-0.05, 0) is 62.1 Å². The van der Waals surface area contributed by atoms with Crippen LogP contribution in [0.25, 0.3) is 0 Å². The van der Waals surface area contributed by atoms with Crippen LogP contribution in [0.15, 0.2) is 47.1 Å². The summed E-state index contributed by atoms with van der Waals surface area (Å²) in [6.07, 6.45) is 7.64. The normalized spacial score (nSPS) is 19.7. The second kappa shape index (κ2) is 10.8. The van der Waals surface area contributed by atoms with Crippen LogP contribution in [0.5, 0.6) is 0 Å². The van der Waals surface area contributed by atoms with E-state index in [1.165, 1.54) is 12.2 Å². The van der Waals surface area contributed by atoms with Gasteiger partial charge < -0.3 is 5.32 Å². The molecule has 0 aromatic carbocycles. The summed E-state index contributed by atoms with van der Waals surface area (Å²) in [5.74, 6) is -0.535. The molecule has 0 amide bonds. The van der Waals surface area contributed by atoms with E-state index in [2.05, 4.69) is 18.8 Å². The van der Waals surface area contributed by atoms with E-state index in [0.717, 1.165) is 32.2 Å². The summed E-state index contributed by atoms with van der Waals surface area (Å²) >= 11 is 6.31. The molecule has 0 bridgehead atoms. The van der Waals surface area contributed by atoms with E-state index in [9.17, 15) is 8.78 Å². The van der Waals surface area contributed by atoms with Gasteiger partial charge in [-0.15, -0.1) is 11.6 Å². The molecule has 1 nitrogen and oxygen atoms in total. The van der Waals surface area contributed by atoms with Gasteiger partial charge >= 0.3 is 0 Å². The Hall–Kier alpha value is -0.930. The molecule has 24 heavy (non-hydrogen) atoms. The maximum atomic E-state index is 14.8. The first kappa shape index (κ1) is 21.1. The first-order chi connectivity index (χ1) is 11.4. The molecule has 0 saturated carbocycles. The van der Waals surface area contributed by atoms with Crippen molar-refractivity contribution in [2.24, 2.45) is 5.92 Å². The van der Waals surface area contributed by atoms with Gasteiger partial charge in [0.1, 0.15) is 11.7 Å². The van der Waals surface area contributed by atoms with E-state index in [-0.39, 0.29) is 5.57 Å². The minimum absolute atomic E-state index is 0.247. The van der Waals surface area contributed by atoms with Gasteiger partial charge in [0.15, 0.2) is 0 Å². The molecule has 136 valence electrons. The van der Waals surface area contributed by atoms with Crippen LogP contribution in [0, 0.1) is 5.92 Å². The molecule has 2 atom stereocenters. The zero-order chi connectivity index (χ0) is 18.1. The lowest BCUT2D eigenvalue weighted by molar-refractivity contribution is 0.427. The van der Waals surface area contributed by atoms with E-state index in [0.29, 0.717) is 29.9 Å². The Morgan fingerprint density at radius 3 is 2.58 bits per heavy atom. The average molecular weight is 358 g/mol. The lowest BCUT2D eigenvalue weighted by Gasteiger charge is -2.19. The van der Waals surface area contributed by atoms with Gasteiger partial charge in [0.2, 0.25) is 0 Å². The Labute approximate surface area is 150 Å². The van der Waals surface area contributed by atoms with Crippen molar-refractivity contribution in [1.82, 2.24) is 5.32 Å². The van der Waals surface area contributed by atoms with Crippen LogP contribution < -0.4 is 5.32 Å². The number of allylic oxidation sites excluding steroid dienone is 7. The largest absolute Gasteiger partial charge is 0.320 e. The lowest BCUT2D eigenvalue weighted by Crippen LogP contribution is -2.15. The maximum absolute atomic E-state index is 14.8. The Morgan fingerprint density at radius 2 is 2.00 bits per heavy atom. The minimum Gasteiger partial charge on any atom is -0.320 e. The van der Waals surface area contributed by atoms with Crippen molar-refractivity contribution in [2.45, 2.75) is 57.7 Å². The van der Waals surface area contributed by atoms with E-state index < -0.39 is 17.0 Å². The molecule has 0 aliphatic heterocycles. The average Bonchev–Trinajstić information content (AvgIpc) is 2.63. The fraction of sp³-hybridized carbons (Fsp3) is 0.600. The van der Waals surface area contributed by atoms with E-state index in [1.807, 2.05) is 14.0 Å². The third kappa shape index (κ3) is 6.18. The monoisotopic (exact) mass is 357 g/mol. The summed E-state index contributed by atoms with van der Waals surface area (Å²) in [5, 5.41) is 2.39. The van der Waals surface area contributed by atoms with E-state index >= 15 is 0 Å². The molecule has 1 rings (SSSR count).